The highest BCUT2D eigenvalue weighted by Crippen LogP contribution is 2.26. The zero-order valence-corrected chi connectivity index (χ0v) is 16.8. The van der Waals surface area contributed by atoms with Crippen molar-refractivity contribution in [2.24, 2.45) is 5.92 Å². The van der Waals surface area contributed by atoms with Gasteiger partial charge in [-0.2, -0.15) is 0 Å². The first-order chi connectivity index (χ1) is 12.5. The quantitative estimate of drug-likeness (QED) is 0.666. The van der Waals surface area contributed by atoms with E-state index >= 15 is 0 Å². The monoisotopic (exact) mass is 369 g/mol. The topological polar surface area (TPSA) is 64.6 Å². The Morgan fingerprint density at radius 1 is 1.00 bits per heavy atom. The molecule has 5 heteroatoms. The van der Waals surface area contributed by atoms with Crippen LogP contribution < -0.4 is 5.32 Å². The van der Waals surface area contributed by atoms with Crippen molar-refractivity contribution in [2.45, 2.75) is 109 Å². The van der Waals surface area contributed by atoms with Gasteiger partial charge in [0.2, 0.25) is 5.91 Å². The van der Waals surface area contributed by atoms with Gasteiger partial charge in [0.15, 0.2) is 0 Å². The van der Waals surface area contributed by atoms with Crippen LogP contribution in [-0.2, 0) is 19.1 Å². The molecule has 0 aromatic carbocycles. The third-order valence-electron chi connectivity index (χ3n) is 5.66. The van der Waals surface area contributed by atoms with Crippen molar-refractivity contribution in [3.63, 3.8) is 0 Å². The number of ketones is 1. The van der Waals surface area contributed by atoms with Crippen molar-refractivity contribution in [1.82, 2.24) is 5.32 Å². The fraction of sp³-hybridized carbons (Fsp3) is 0.905. The highest BCUT2D eigenvalue weighted by Gasteiger charge is 2.26. The lowest BCUT2D eigenvalue weighted by Crippen LogP contribution is -2.39. The van der Waals surface area contributed by atoms with Gasteiger partial charge in [0.25, 0.3) is 0 Å². The van der Waals surface area contributed by atoms with E-state index in [1.807, 2.05) is 6.92 Å². The van der Waals surface area contributed by atoms with Crippen LogP contribution in [0.2, 0.25) is 0 Å². The largest absolute Gasteiger partial charge is 0.378 e. The van der Waals surface area contributed by atoms with Crippen LogP contribution in [-0.4, -0.2) is 42.7 Å². The molecule has 0 heterocycles. The molecule has 0 saturated heterocycles. The number of nitrogens with one attached hydrogen (secondary N) is 1. The number of ether oxygens (including phenoxy) is 2. The second kappa shape index (κ2) is 11.0. The van der Waals surface area contributed by atoms with Crippen LogP contribution in [0.25, 0.3) is 0 Å². The number of carbonyl (C=O) groups is 2. The molecule has 0 aromatic rings. The van der Waals surface area contributed by atoms with Crippen LogP contribution in [0.4, 0.5) is 0 Å². The SMILES string of the molecule is CCC(=O)C1CCC(NC(=O)CCOC2CCC(OC(C)C)CC2)CC1.[HH]. The first-order valence-corrected chi connectivity index (χ1v) is 10.6. The molecule has 2 fully saturated rings. The van der Waals surface area contributed by atoms with Gasteiger partial charge in [0.05, 0.1) is 24.9 Å². The molecule has 1 amide bonds. The van der Waals surface area contributed by atoms with Crippen molar-refractivity contribution in [1.29, 1.82) is 0 Å². The van der Waals surface area contributed by atoms with E-state index in [1.54, 1.807) is 0 Å². The zero-order chi connectivity index (χ0) is 18.9. The Bertz CT molecular complexity index is 441. The van der Waals surface area contributed by atoms with Gasteiger partial charge in [-0.3, -0.25) is 9.59 Å². The van der Waals surface area contributed by atoms with Crippen LogP contribution in [0.15, 0.2) is 0 Å². The predicted molar refractivity (Wildman–Crippen MR) is 104 cm³/mol. The molecule has 2 saturated carbocycles. The normalized spacial score (nSPS) is 29.5. The number of Topliss-reactive ketones (excluding diaryl/α,β-unsaturated/α-hetero) is 1. The zero-order valence-electron chi connectivity index (χ0n) is 16.8. The van der Waals surface area contributed by atoms with Gasteiger partial charge in [-0.1, -0.05) is 6.92 Å². The number of rotatable bonds is 9. The molecular formula is C21H39NO4. The summed E-state index contributed by atoms with van der Waals surface area (Å²) < 4.78 is 11.8. The Morgan fingerprint density at radius 2 is 1.62 bits per heavy atom. The molecule has 1 N–H and O–H groups in total. The van der Waals surface area contributed by atoms with Gasteiger partial charge >= 0.3 is 0 Å². The van der Waals surface area contributed by atoms with Crippen LogP contribution in [0.1, 0.15) is 86.4 Å². The summed E-state index contributed by atoms with van der Waals surface area (Å²) in [6.45, 7) is 6.58. The van der Waals surface area contributed by atoms with Gasteiger partial charge in [0, 0.05) is 26.2 Å². The Kier molecular flexibility index (Phi) is 9.06. The molecule has 152 valence electrons. The molecule has 26 heavy (non-hydrogen) atoms. The van der Waals surface area contributed by atoms with Crippen molar-refractivity contribution in [2.75, 3.05) is 6.61 Å². The Morgan fingerprint density at radius 3 is 2.19 bits per heavy atom. The third kappa shape index (κ3) is 7.36. The lowest BCUT2D eigenvalue weighted by Gasteiger charge is -2.30. The van der Waals surface area contributed by atoms with Crippen LogP contribution in [0.5, 0.6) is 0 Å². The predicted octanol–water partition coefficient (Wildman–Crippen LogP) is 4.03. The molecule has 0 aliphatic heterocycles. The molecule has 2 aliphatic rings. The van der Waals surface area contributed by atoms with E-state index in [2.05, 4.69) is 19.2 Å². The summed E-state index contributed by atoms with van der Waals surface area (Å²) in [5.41, 5.74) is 0. The maximum Gasteiger partial charge on any atom is 0.222 e. The fourth-order valence-electron chi connectivity index (χ4n) is 4.19. The first kappa shape index (κ1) is 21.4. The average molecular weight is 370 g/mol. The molecule has 0 radical (unpaired) electrons. The molecular weight excluding hydrogens is 330 g/mol. The smallest absolute Gasteiger partial charge is 0.222 e. The Hall–Kier alpha value is -0.940. The van der Waals surface area contributed by atoms with Gasteiger partial charge in [0.1, 0.15) is 5.78 Å². The molecule has 2 aliphatic carbocycles. The minimum atomic E-state index is 0. The van der Waals surface area contributed by atoms with Gasteiger partial charge in [-0.05, 0) is 65.2 Å². The van der Waals surface area contributed by atoms with E-state index in [4.69, 9.17) is 9.47 Å². The van der Waals surface area contributed by atoms with Crippen LogP contribution in [0.3, 0.4) is 0 Å². The molecule has 0 bridgehead atoms. The molecule has 0 unspecified atom stereocenters. The maximum atomic E-state index is 12.1. The van der Waals surface area contributed by atoms with Crippen LogP contribution in [0, 0.1) is 5.92 Å². The molecule has 5 nitrogen and oxygen atoms in total. The number of amides is 1. The summed E-state index contributed by atoms with van der Waals surface area (Å²) in [6.07, 6.45) is 9.79. The van der Waals surface area contributed by atoms with E-state index in [0.717, 1.165) is 51.4 Å². The van der Waals surface area contributed by atoms with Crippen molar-refractivity contribution < 1.29 is 20.5 Å². The van der Waals surface area contributed by atoms with Crippen molar-refractivity contribution in [3.05, 3.63) is 0 Å². The first-order valence-electron chi connectivity index (χ1n) is 10.6. The lowest BCUT2D eigenvalue weighted by molar-refractivity contribution is -0.124. The molecule has 0 aromatic heterocycles. The van der Waals surface area contributed by atoms with Crippen molar-refractivity contribution in [3.8, 4) is 0 Å². The lowest BCUT2D eigenvalue weighted by atomic mass is 9.83. The summed E-state index contributed by atoms with van der Waals surface area (Å²) in [5.74, 6) is 0.662. The summed E-state index contributed by atoms with van der Waals surface area (Å²) >= 11 is 0. The van der Waals surface area contributed by atoms with Gasteiger partial charge < -0.3 is 14.8 Å². The molecule has 2 rings (SSSR count). The van der Waals surface area contributed by atoms with E-state index in [9.17, 15) is 9.59 Å². The van der Waals surface area contributed by atoms with E-state index in [-0.39, 0.29) is 31.5 Å². The minimum absolute atomic E-state index is 0. The second-order valence-electron chi connectivity index (χ2n) is 8.14. The minimum Gasteiger partial charge on any atom is -0.378 e. The van der Waals surface area contributed by atoms with Gasteiger partial charge in [-0.15, -0.1) is 0 Å². The summed E-state index contributed by atoms with van der Waals surface area (Å²) in [6, 6.07) is 0.229. The van der Waals surface area contributed by atoms with Gasteiger partial charge in [-0.25, -0.2) is 0 Å². The summed E-state index contributed by atoms with van der Waals surface area (Å²) in [5, 5.41) is 3.11. The van der Waals surface area contributed by atoms with E-state index < -0.39 is 0 Å². The fourth-order valence-corrected chi connectivity index (χ4v) is 4.19. The van der Waals surface area contributed by atoms with E-state index in [1.165, 1.54) is 0 Å². The number of hydrogen-bond acceptors (Lipinski definition) is 4. The Labute approximate surface area is 160 Å². The highest BCUT2D eigenvalue weighted by atomic mass is 16.5. The average Bonchev–Trinajstić information content (AvgIpc) is 2.62. The second-order valence-corrected chi connectivity index (χ2v) is 8.14. The number of hydrogen-bond donors (Lipinski definition) is 1. The standard InChI is InChI=1S/C21H37NO4.H2/c1-4-20(23)16-5-7-17(8-6-16)22-21(24)13-14-25-18-9-11-19(12-10-18)26-15(2)3;/h15-19H,4-14H2,1-3H3,(H,22,24);1H. The maximum absolute atomic E-state index is 12.1. The van der Waals surface area contributed by atoms with Crippen LogP contribution >= 0.6 is 0 Å². The summed E-state index contributed by atoms with van der Waals surface area (Å²) in [7, 11) is 0. The van der Waals surface area contributed by atoms with Crippen molar-refractivity contribution >= 4 is 11.7 Å². The summed E-state index contributed by atoms with van der Waals surface area (Å²) in [4.78, 5) is 23.9. The molecule has 0 atom stereocenters. The number of carbonyl (C=O) groups excluding carboxylic acids is 2. The Balaban J connectivity index is 0.00000364. The van der Waals surface area contributed by atoms with E-state index in [0.29, 0.717) is 31.3 Å². The highest BCUT2D eigenvalue weighted by molar-refractivity contribution is 5.80. The molecule has 0 spiro atoms. The third-order valence-corrected chi connectivity index (χ3v) is 5.66.